The van der Waals surface area contributed by atoms with Gasteiger partial charge in [0.05, 0.1) is 6.54 Å². The molecule has 0 aliphatic heterocycles. The predicted molar refractivity (Wildman–Crippen MR) is 55.7 cm³/mol. The molecule has 0 fully saturated rings. The van der Waals surface area contributed by atoms with Gasteiger partial charge < -0.3 is 0 Å². The molecule has 0 aromatic carbocycles. The second-order valence-electron chi connectivity index (χ2n) is 4.22. The molecular formula is C9H17BrF3N. The molecule has 0 atom stereocenters. The van der Waals surface area contributed by atoms with Crippen molar-refractivity contribution in [3.8, 4) is 0 Å². The van der Waals surface area contributed by atoms with Crippen molar-refractivity contribution in [2.24, 2.45) is 5.41 Å². The lowest BCUT2D eigenvalue weighted by Crippen LogP contribution is -2.40. The van der Waals surface area contributed by atoms with Crippen molar-refractivity contribution in [2.45, 2.75) is 26.9 Å². The normalized spacial score (nSPS) is 13.7. The largest absolute Gasteiger partial charge is 0.401 e. The third-order valence-electron chi connectivity index (χ3n) is 1.86. The van der Waals surface area contributed by atoms with E-state index in [9.17, 15) is 13.2 Å². The Hall–Kier alpha value is 0.230. The average Bonchev–Trinajstić information content (AvgIpc) is 2.00. The molecule has 0 bridgehead atoms. The fourth-order valence-corrected chi connectivity index (χ4v) is 1.36. The van der Waals surface area contributed by atoms with Crippen LogP contribution in [0.3, 0.4) is 0 Å². The summed E-state index contributed by atoms with van der Waals surface area (Å²) in [6.45, 7) is 5.70. The Morgan fingerprint density at radius 3 is 1.93 bits per heavy atom. The van der Waals surface area contributed by atoms with Crippen LogP contribution in [0.15, 0.2) is 0 Å². The average molecular weight is 276 g/mol. The maximum absolute atomic E-state index is 12.1. The third kappa shape index (κ3) is 6.65. The van der Waals surface area contributed by atoms with Crippen LogP contribution in [-0.2, 0) is 0 Å². The van der Waals surface area contributed by atoms with Crippen LogP contribution < -0.4 is 0 Å². The van der Waals surface area contributed by atoms with Crippen LogP contribution in [0.1, 0.15) is 20.8 Å². The van der Waals surface area contributed by atoms with E-state index in [0.29, 0.717) is 18.4 Å². The number of hydrogen-bond acceptors (Lipinski definition) is 1. The smallest absolute Gasteiger partial charge is 0.295 e. The Kier molecular flexibility index (Phi) is 5.44. The SMILES string of the molecule is CCN(CC(F)(F)F)CC(C)(C)CBr. The van der Waals surface area contributed by atoms with E-state index in [0.717, 1.165) is 0 Å². The Morgan fingerprint density at radius 1 is 1.14 bits per heavy atom. The van der Waals surface area contributed by atoms with E-state index < -0.39 is 12.7 Å². The summed E-state index contributed by atoms with van der Waals surface area (Å²) in [5.74, 6) is 0. The van der Waals surface area contributed by atoms with E-state index in [2.05, 4.69) is 15.9 Å². The maximum Gasteiger partial charge on any atom is 0.401 e. The molecular weight excluding hydrogens is 259 g/mol. The van der Waals surface area contributed by atoms with Crippen LogP contribution in [0.2, 0.25) is 0 Å². The number of alkyl halides is 4. The van der Waals surface area contributed by atoms with Crippen molar-refractivity contribution in [2.75, 3.05) is 25.0 Å². The fourth-order valence-electron chi connectivity index (χ4n) is 1.18. The first-order valence-corrected chi connectivity index (χ1v) is 5.67. The molecule has 14 heavy (non-hydrogen) atoms. The van der Waals surface area contributed by atoms with Crippen molar-refractivity contribution < 1.29 is 13.2 Å². The third-order valence-corrected chi connectivity index (χ3v) is 3.38. The summed E-state index contributed by atoms with van der Waals surface area (Å²) >= 11 is 3.30. The molecule has 0 aliphatic rings. The van der Waals surface area contributed by atoms with Crippen molar-refractivity contribution in [3.63, 3.8) is 0 Å². The van der Waals surface area contributed by atoms with Crippen molar-refractivity contribution in [1.82, 2.24) is 4.90 Å². The van der Waals surface area contributed by atoms with Crippen LogP contribution in [0.25, 0.3) is 0 Å². The van der Waals surface area contributed by atoms with Gasteiger partial charge in [0.25, 0.3) is 0 Å². The highest BCUT2D eigenvalue weighted by Crippen LogP contribution is 2.23. The first kappa shape index (κ1) is 14.2. The zero-order valence-corrected chi connectivity index (χ0v) is 10.4. The molecule has 0 heterocycles. The van der Waals surface area contributed by atoms with Gasteiger partial charge in [-0.15, -0.1) is 0 Å². The van der Waals surface area contributed by atoms with Crippen LogP contribution in [-0.4, -0.2) is 36.0 Å². The summed E-state index contributed by atoms with van der Waals surface area (Å²) < 4.78 is 36.4. The van der Waals surface area contributed by atoms with Crippen LogP contribution in [0.5, 0.6) is 0 Å². The summed E-state index contributed by atoms with van der Waals surface area (Å²) in [4.78, 5) is 1.42. The van der Waals surface area contributed by atoms with Gasteiger partial charge in [0.1, 0.15) is 0 Å². The lowest BCUT2D eigenvalue weighted by Gasteiger charge is -2.31. The van der Waals surface area contributed by atoms with Crippen molar-refractivity contribution in [1.29, 1.82) is 0 Å². The Morgan fingerprint density at radius 2 is 1.64 bits per heavy atom. The first-order valence-electron chi connectivity index (χ1n) is 4.55. The van der Waals surface area contributed by atoms with Gasteiger partial charge in [-0.25, -0.2) is 0 Å². The van der Waals surface area contributed by atoms with Gasteiger partial charge >= 0.3 is 6.18 Å². The fraction of sp³-hybridized carbons (Fsp3) is 1.00. The highest BCUT2D eigenvalue weighted by molar-refractivity contribution is 9.09. The topological polar surface area (TPSA) is 3.24 Å². The van der Waals surface area contributed by atoms with Crippen LogP contribution in [0.4, 0.5) is 13.2 Å². The van der Waals surface area contributed by atoms with Gasteiger partial charge in [0, 0.05) is 11.9 Å². The molecule has 0 aromatic rings. The molecule has 0 saturated carbocycles. The standard InChI is InChI=1S/C9H17BrF3N/c1-4-14(7-9(11,12)13)6-8(2,3)5-10/h4-7H2,1-3H3. The Bertz CT molecular complexity index is 168. The van der Waals surface area contributed by atoms with Gasteiger partial charge in [0.2, 0.25) is 0 Å². The summed E-state index contributed by atoms with van der Waals surface area (Å²) in [6, 6.07) is 0. The lowest BCUT2D eigenvalue weighted by molar-refractivity contribution is -0.147. The van der Waals surface area contributed by atoms with Crippen molar-refractivity contribution in [3.05, 3.63) is 0 Å². The summed E-state index contributed by atoms with van der Waals surface area (Å²) in [7, 11) is 0. The Labute approximate surface area is 91.8 Å². The molecule has 0 spiro atoms. The minimum absolute atomic E-state index is 0.124. The lowest BCUT2D eigenvalue weighted by atomic mass is 9.96. The van der Waals surface area contributed by atoms with Crippen LogP contribution in [0, 0.1) is 5.41 Å². The molecule has 0 N–H and O–H groups in total. The van der Waals surface area contributed by atoms with Gasteiger partial charge in [-0.2, -0.15) is 13.2 Å². The van der Waals surface area contributed by atoms with Crippen LogP contribution >= 0.6 is 15.9 Å². The molecule has 0 saturated heterocycles. The van der Waals surface area contributed by atoms with E-state index in [1.807, 2.05) is 13.8 Å². The second kappa shape index (κ2) is 5.35. The highest BCUT2D eigenvalue weighted by atomic mass is 79.9. The zero-order chi connectivity index (χ0) is 11.4. The predicted octanol–water partition coefficient (Wildman–Crippen LogP) is 3.29. The number of halogens is 4. The molecule has 5 heteroatoms. The molecule has 0 radical (unpaired) electrons. The summed E-state index contributed by atoms with van der Waals surface area (Å²) in [5.41, 5.74) is -0.124. The minimum atomic E-state index is -4.10. The summed E-state index contributed by atoms with van der Waals surface area (Å²) in [5, 5.41) is 0.703. The quantitative estimate of drug-likeness (QED) is 0.696. The van der Waals surface area contributed by atoms with E-state index in [1.165, 1.54) is 4.90 Å². The molecule has 1 nitrogen and oxygen atoms in total. The van der Waals surface area contributed by atoms with E-state index in [1.54, 1.807) is 6.92 Å². The highest BCUT2D eigenvalue weighted by Gasteiger charge is 2.32. The zero-order valence-electron chi connectivity index (χ0n) is 8.79. The van der Waals surface area contributed by atoms with Gasteiger partial charge in [-0.1, -0.05) is 36.7 Å². The van der Waals surface area contributed by atoms with Gasteiger partial charge in [-0.05, 0) is 12.0 Å². The van der Waals surface area contributed by atoms with Crippen molar-refractivity contribution >= 4 is 15.9 Å². The molecule has 0 amide bonds. The molecule has 86 valence electrons. The van der Waals surface area contributed by atoms with Gasteiger partial charge in [0.15, 0.2) is 0 Å². The molecule has 0 aliphatic carbocycles. The first-order chi connectivity index (χ1) is 6.20. The van der Waals surface area contributed by atoms with Gasteiger partial charge in [-0.3, -0.25) is 4.90 Å². The molecule has 0 aromatic heterocycles. The maximum atomic E-state index is 12.1. The molecule has 0 rings (SSSR count). The minimum Gasteiger partial charge on any atom is -0.295 e. The summed E-state index contributed by atoms with van der Waals surface area (Å²) in [6.07, 6.45) is -4.10. The number of rotatable bonds is 5. The van der Waals surface area contributed by atoms with E-state index in [-0.39, 0.29) is 5.41 Å². The number of nitrogens with zero attached hydrogens (tertiary/aromatic N) is 1. The molecule has 0 unspecified atom stereocenters. The monoisotopic (exact) mass is 275 g/mol. The van der Waals surface area contributed by atoms with E-state index in [4.69, 9.17) is 0 Å². The number of hydrogen-bond donors (Lipinski definition) is 0. The second-order valence-corrected chi connectivity index (χ2v) is 4.78. The Balaban J connectivity index is 4.17. The van der Waals surface area contributed by atoms with E-state index >= 15 is 0 Å².